The third-order valence-electron chi connectivity index (χ3n) is 5.18. The fourth-order valence-corrected chi connectivity index (χ4v) is 8.61. The molecule has 0 aliphatic heterocycles. The molecule has 0 aromatic heterocycles. The topological polar surface area (TPSA) is 26.0 Å². The molecule has 4 atom stereocenters. The van der Waals surface area contributed by atoms with E-state index in [-0.39, 0.29) is 0 Å². The van der Waals surface area contributed by atoms with Gasteiger partial charge in [0.2, 0.25) is 0 Å². The molecular weight excluding hydrogens is 269 g/mol. The number of nitrogens with two attached hydrogens (primary N) is 1. The fourth-order valence-electron chi connectivity index (χ4n) is 4.78. The lowest BCUT2D eigenvalue weighted by atomic mass is 9.56. The molecular formula is C12H22BrNP+. The minimum Gasteiger partial charge on any atom is -0.205 e. The van der Waals surface area contributed by atoms with Crippen LogP contribution in [-0.4, -0.2) is 22.8 Å². The molecule has 4 saturated carbocycles. The van der Waals surface area contributed by atoms with Gasteiger partial charge >= 0.3 is 0 Å². The van der Waals surface area contributed by atoms with Crippen molar-refractivity contribution in [2.24, 2.45) is 17.3 Å². The number of hydrogen-bond donors (Lipinski definition) is 1. The van der Waals surface area contributed by atoms with Crippen LogP contribution >= 0.6 is 23.3 Å². The van der Waals surface area contributed by atoms with E-state index < -0.39 is 7.41 Å². The molecule has 3 heteroatoms. The minimum absolute atomic E-state index is 0.480. The van der Waals surface area contributed by atoms with Gasteiger partial charge in [-0.1, -0.05) is 15.9 Å². The summed E-state index contributed by atoms with van der Waals surface area (Å²) >= 11 is 4.05. The van der Waals surface area contributed by atoms with Gasteiger partial charge in [-0.3, -0.25) is 0 Å². The molecule has 4 aliphatic rings. The second-order valence-corrected chi connectivity index (χ2v) is 12.6. The van der Waals surface area contributed by atoms with E-state index >= 15 is 0 Å². The number of hydrogen-bond acceptors (Lipinski definition) is 1. The van der Waals surface area contributed by atoms with Crippen molar-refractivity contribution in [2.75, 3.05) is 13.3 Å². The van der Waals surface area contributed by atoms with Crippen molar-refractivity contribution >= 4 is 23.3 Å². The van der Waals surface area contributed by atoms with Gasteiger partial charge in [-0.2, -0.15) is 0 Å². The molecule has 4 bridgehead atoms. The van der Waals surface area contributed by atoms with Gasteiger partial charge in [-0.25, -0.2) is 5.50 Å². The Kier molecular flexibility index (Phi) is 2.20. The van der Waals surface area contributed by atoms with Gasteiger partial charge in [-0.05, 0) is 43.9 Å². The van der Waals surface area contributed by atoms with Crippen LogP contribution in [0.5, 0.6) is 0 Å². The molecule has 0 amide bonds. The Hall–Kier alpha value is 0.870. The van der Waals surface area contributed by atoms with Crippen molar-refractivity contribution in [1.29, 1.82) is 0 Å². The van der Waals surface area contributed by atoms with Crippen molar-refractivity contribution in [1.82, 2.24) is 0 Å². The highest BCUT2D eigenvalue weighted by Crippen LogP contribution is 2.74. The van der Waals surface area contributed by atoms with E-state index in [1.165, 1.54) is 38.5 Å². The molecule has 4 rings (SSSR count). The zero-order valence-corrected chi connectivity index (χ0v) is 12.3. The van der Waals surface area contributed by atoms with Crippen LogP contribution in [0, 0.1) is 11.8 Å². The van der Waals surface area contributed by atoms with Gasteiger partial charge < -0.3 is 0 Å². The average Bonchev–Trinajstić information content (AvgIpc) is 1.95. The van der Waals surface area contributed by atoms with Crippen LogP contribution in [0.25, 0.3) is 0 Å². The van der Waals surface area contributed by atoms with Gasteiger partial charge in [-0.15, -0.1) is 0 Å². The second-order valence-electron chi connectivity index (χ2n) is 6.88. The fraction of sp³-hybridized carbons (Fsp3) is 1.00. The molecule has 1 nitrogen and oxygen atoms in total. The largest absolute Gasteiger partial charge is 0.205 e. The summed E-state index contributed by atoms with van der Waals surface area (Å²) < 4.78 is 0.480. The Labute approximate surface area is 102 Å². The SMILES string of the molecule is C[P+](C)(N)C12C[C@@H]3C[C@@H](CC(Br)(C3)C1)C2. The monoisotopic (exact) mass is 290 g/mol. The third kappa shape index (κ3) is 1.55. The quantitative estimate of drug-likeness (QED) is 0.579. The Morgan fingerprint density at radius 3 is 2.07 bits per heavy atom. The summed E-state index contributed by atoms with van der Waals surface area (Å²) in [6.45, 7) is 4.72. The van der Waals surface area contributed by atoms with Crippen molar-refractivity contribution in [3.05, 3.63) is 0 Å². The molecule has 2 unspecified atom stereocenters. The maximum atomic E-state index is 6.58. The van der Waals surface area contributed by atoms with E-state index in [0.717, 1.165) is 11.8 Å². The van der Waals surface area contributed by atoms with Crippen LogP contribution < -0.4 is 5.50 Å². The molecule has 0 spiro atoms. The summed E-state index contributed by atoms with van der Waals surface area (Å²) in [6, 6.07) is 0. The minimum atomic E-state index is -1.19. The van der Waals surface area contributed by atoms with E-state index in [0.29, 0.717) is 9.48 Å². The van der Waals surface area contributed by atoms with E-state index in [2.05, 4.69) is 29.3 Å². The average molecular weight is 291 g/mol. The Morgan fingerprint density at radius 1 is 1.13 bits per heavy atom. The summed E-state index contributed by atoms with van der Waals surface area (Å²) in [7, 11) is -1.19. The van der Waals surface area contributed by atoms with Crippen molar-refractivity contribution < 1.29 is 0 Å². The number of rotatable bonds is 1. The molecule has 4 aliphatic carbocycles. The van der Waals surface area contributed by atoms with Gasteiger partial charge in [0, 0.05) is 10.7 Å². The first-order chi connectivity index (χ1) is 6.82. The van der Waals surface area contributed by atoms with E-state index in [9.17, 15) is 0 Å². The highest BCUT2D eigenvalue weighted by atomic mass is 79.9. The van der Waals surface area contributed by atoms with Crippen molar-refractivity contribution in [3.63, 3.8) is 0 Å². The smallest absolute Gasteiger partial charge is 0.0964 e. The predicted octanol–water partition coefficient (Wildman–Crippen LogP) is 3.62. The third-order valence-corrected chi connectivity index (χ3v) is 9.08. The molecule has 86 valence electrons. The van der Waals surface area contributed by atoms with Crippen LogP contribution in [0.2, 0.25) is 0 Å². The zero-order chi connectivity index (χ0) is 10.9. The molecule has 4 fully saturated rings. The Balaban J connectivity index is 2.00. The highest BCUT2D eigenvalue weighted by Gasteiger charge is 2.64. The van der Waals surface area contributed by atoms with Crippen LogP contribution in [0.4, 0.5) is 0 Å². The molecule has 0 saturated heterocycles. The zero-order valence-electron chi connectivity index (χ0n) is 9.80. The van der Waals surface area contributed by atoms with Crippen LogP contribution in [0.15, 0.2) is 0 Å². The van der Waals surface area contributed by atoms with Gasteiger partial charge in [0.15, 0.2) is 0 Å². The Morgan fingerprint density at radius 2 is 1.67 bits per heavy atom. The number of halogens is 1. The second kappa shape index (κ2) is 3.00. The maximum absolute atomic E-state index is 6.58. The summed E-state index contributed by atoms with van der Waals surface area (Å²) in [6.07, 6.45) is 8.58. The van der Waals surface area contributed by atoms with E-state index in [1.807, 2.05) is 0 Å². The lowest BCUT2D eigenvalue weighted by molar-refractivity contribution is 0.0566. The van der Waals surface area contributed by atoms with E-state index in [4.69, 9.17) is 5.50 Å². The molecule has 0 radical (unpaired) electrons. The van der Waals surface area contributed by atoms with Gasteiger partial charge in [0.25, 0.3) is 0 Å². The predicted molar refractivity (Wildman–Crippen MR) is 72.0 cm³/mol. The van der Waals surface area contributed by atoms with Crippen LogP contribution in [0.3, 0.4) is 0 Å². The van der Waals surface area contributed by atoms with Crippen molar-refractivity contribution in [2.45, 2.75) is 48.0 Å². The van der Waals surface area contributed by atoms with Crippen LogP contribution in [0.1, 0.15) is 38.5 Å². The molecule has 0 aromatic carbocycles. The van der Waals surface area contributed by atoms with Gasteiger partial charge in [0.05, 0.1) is 25.9 Å². The standard InChI is InChI=1S/C12H22BrNP/c1-15(2,14)12-6-9-3-10(7-12)5-11(13,4-9)8-12/h9-10H,3-8,14H2,1-2H3/q+1/t9-,10+,11?,12?. The lowest BCUT2D eigenvalue weighted by Crippen LogP contribution is -2.57. The summed E-state index contributed by atoms with van der Waals surface area (Å²) in [5.41, 5.74) is 6.58. The highest BCUT2D eigenvalue weighted by molar-refractivity contribution is 9.10. The molecule has 2 N–H and O–H groups in total. The molecule has 15 heavy (non-hydrogen) atoms. The summed E-state index contributed by atoms with van der Waals surface area (Å²) in [5, 5.41) is 0.542. The molecule has 0 aromatic rings. The summed E-state index contributed by atoms with van der Waals surface area (Å²) in [4.78, 5) is 0. The van der Waals surface area contributed by atoms with E-state index in [1.54, 1.807) is 0 Å². The summed E-state index contributed by atoms with van der Waals surface area (Å²) in [5.74, 6) is 1.96. The molecule has 0 heterocycles. The van der Waals surface area contributed by atoms with Crippen molar-refractivity contribution in [3.8, 4) is 0 Å². The first kappa shape index (κ1) is 11.0. The number of alkyl halides is 1. The first-order valence-corrected chi connectivity index (χ1v) is 9.68. The maximum Gasteiger partial charge on any atom is 0.0964 e. The van der Waals surface area contributed by atoms with Gasteiger partial charge in [0.1, 0.15) is 0 Å². The lowest BCUT2D eigenvalue weighted by Gasteiger charge is -2.60. The Bertz CT molecular complexity index is 282. The van der Waals surface area contributed by atoms with Crippen LogP contribution in [-0.2, 0) is 0 Å². The normalized spacial score (nSPS) is 53.6. The first-order valence-electron chi connectivity index (χ1n) is 6.14.